The van der Waals surface area contributed by atoms with Gasteiger partial charge in [0.15, 0.2) is 23.0 Å². The van der Waals surface area contributed by atoms with Gasteiger partial charge in [-0.3, -0.25) is 43.6 Å². The number of carboxylic acid groups (broad SMARTS) is 1. The van der Waals surface area contributed by atoms with Gasteiger partial charge in [0.05, 0.1) is 47.3 Å². The molecule has 134 heavy (non-hydrogen) atoms. The molecule has 1 saturated carbocycles. The highest BCUT2D eigenvalue weighted by Crippen LogP contribution is 2.53. The Hall–Kier alpha value is -13.4. The number of nitrogens with one attached hydrogen (secondary N) is 7. The molecule has 7 amide bonds. The molecule has 7 aromatic carbocycles. The predicted molar refractivity (Wildman–Crippen MR) is 470 cm³/mol. The van der Waals surface area contributed by atoms with E-state index in [0.717, 1.165) is 66.7 Å². The number of hydrogen-bond donors (Lipinski definition) is 20. The number of carboxylic acids is 1. The van der Waals surface area contributed by atoms with Gasteiger partial charge in [0.2, 0.25) is 70.6 Å². The second kappa shape index (κ2) is 37.6. The third-order valence-electron chi connectivity index (χ3n) is 24.3. The lowest BCUT2D eigenvalue weighted by Crippen LogP contribution is -2.75. The molecule has 2 aliphatic carbocycles. The van der Waals surface area contributed by atoms with Crippen LogP contribution in [0, 0.1) is 11.8 Å². The van der Waals surface area contributed by atoms with Crippen molar-refractivity contribution in [1.29, 1.82) is 0 Å². The van der Waals surface area contributed by atoms with Gasteiger partial charge in [0, 0.05) is 70.6 Å². The van der Waals surface area contributed by atoms with E-state index < -0.39 is 266 Å². The van der Waals surface area contributed by atoms with Crippen LogP contribution in [0.3, 0.4) is 0 Å². The van der Waals surface area contributed by atoms with Gasteiger partial charge < -0.3 is 137 Å². The highest BCUT2D eigenvalue weighted by molar-refractivity contribution is 6.32. The topological polar surface area (TPSA) is 634 Å². The minimum absolute atomic E-state index is 0.0933. The van der Waals surface area contributed by atoms with Crippen LogP contribution in [-0.4, -0.2) is 211 Å². The zero-order valence-electron chi connectivity index (χ0n) is 71.3. The van der Waals surface area contributed by atoms with E-state index in [0.29, 0.717) is 34.1 Å². The molecule has 1 aromatic heterocycles. The van der Waals surface area contributed by atoms with E-state index in [1.54, 1.807) is 51.1 Å². The Bertz CT molecular complexity index is 6410. The maximum absolute atomic E-state index is 16.4. The summed E-state index contributed by atoms with van der Waals surface area (Å²) in [5.41, 5.74) is 8.64. The maximum atomic E-state index is 16.4. The van der Waals surface area contributed by atoms with Crippen molar-refractivity contribution < 1.29 is 138 Å². The molecule has 44 heteroatoms. The molecule has 702 valence electrons. The summed E-state index contributed by atoms with van der Waals surface area (Å²) >= 11 is 21.1. The van der Waals surface area contributed by atoms with Gasteiger partial charge in [0.1, 0.15) is 131 Å². The number of halogens is 3. The van der Waals surface area contributed by atoms with Crippen molar-refractivity contribution >= 4 is 111 Å². The number of amides is 7. The van der Waals surface area contributed by atoms with E-state index in [-0.39, 0.29) is 69.0 Å². The van der Waals surface area contributed by atoms with Crippen molar-refractivity contribution in [1.82, 2.24) is 46.9 Å². The average molecular weight is 1910 g/mol. The molecule has 2 saturated heterocycles. The summed E-state index contributed by atoms with van der Waals surface area (Å²) in [5.74, 6) is -17.8. The predicted octanol–water partition coefficient (Wildman–Crippen LogP) is 5.14. The van der Waals surface area contributed by atoms with Crippen LogP contribution >= 0.6 is 34.8 Å². The number of nitrogens with zero attached hydrogens (tertiary/aromatic N) is 4. The molecule has 16 unspecified atom stereocenters. The fraction of sp³-hybridized carbons (Fsp3) is 0.333. The number of nitrogens with two attached hydrogens (primary N) is 1. The van der Waals surface area contributed by atoms with E-state index in [2.05, 4.69) is 57.9 Å². The van der Waals surface area contributed by atoms with Gasteiger partial charge in [-0.05, 0) is 162 Å². The number of ether oxygens (including phenoxy) is 6. The average Bonchev–Trinajstić information content (AvgIpc) is 1.58. The van der Waals surface area contributed by atoms with Gasteiger partial charge in [0.25, 0.3) is 0 Å². The van der Waals surface area contributed by atoms with Crippen LogP contribution < -0.4 is 73.2 Å². The first kappa shape index (κ1) is 93.8. The smallest absolute Gasteiger partial charge is 0.330 e. The fourth-order valence-electron chi connectivity index (χ4n) is 18.0. The number of fused-ring (bicyclic) bond motifs is 19. The lowest BCUT2D eigenvalue weighted by atomic mass is 9.85. The van der Waals surface area contributed by atoms with Crippen LogP contribution in [0.1, 0.15) is 111 Å². The Balaban J connectivity index is 0.815. The third-order valence-corrected chi connectivity index (χ3v) is 25.1. The number of benzene rings is 8. The van der Waals surface area contributed by atoms with E-state index in [1.165, 1.54) is 48.3 Å². The highest BCUT2D eigenvalue weighted by Gasteiger charge is 2.63. The first-order valence-electron chi connectivity index (χ1n) is 41.9. The van der Waals surface area contributed by atoms with Crippen molar-refractivity contribution in [3.63, 3.8) is 0 Å². The Morgan fingerprint density at radius 3 is 2.00 bits per heavy atom. The Morgan fingerprint density at radius 1 is 0.672 bits per heavy atom. The van der Waals surface area contributed by atoms with Crippen molar-refractivity contribution in [2.75, 3.05) is 23.9 Å². The molecule has 19 atom stereocenters. The second-order valence-electron chi connectivity index (χ2n) is 34.1. The van der Waals surface area contributed by atoms with E-state index in [4.69, 9.17) is 78.3 Å². The first-order valence-corrected chi connectivity index (χ1v) is 43.0. The zero-order chi connectivity index (χ0) is 95.8. The number of aromatic hydroxyl groups is 4. The number of primary amides is 1. The van der Waals surface area contributed by atoms with Crippen LogP contribution in [-0.2, 0) is 64.1 Å². The van der Waals surface area contributed by atoms with Crippen molar-refractivity contribution in [3.8, 4) is 85.3 Å². The van der Waals surface area contributed by atoms with Gasteiger partial charge in [-0.25, -0.2) is 9.68 Å². The summed E-state index contributed by atoms with van der Waals surface area (Å²) < 4.78 is 45.8. The number of carbonyl (C=O) groups excluding carboxylic acids is 7. The van der Waals surface area contributed by atoms with Gasteiger partial charge in [-0.2, -0.15) is 15.0 Å². The monoisotopic (exact) mass is 1900 g/mol. The number of rotatable bonds is 19. The van der Waals surface area contributed by atoms with Gasteiger partial charge >= 0.3 is 5.97 Å². The number of carbonyl (C=O) groups is 8. The normalized spacial score (nSPS) is 25.9. The summed E-state index contributed by atoms with van der Waals surface area (Å²) in [6.07, 6.45) is -16.6. The minimum atomic E-state index is -2.42. The molecular formula is C90H89Cl3N13O28+. The second-order valence-corrected chi connectivity index (χ2v) is 35.3. The van der Waals surface area contributed by atoms with Crippen LogP contribution in [0.5, 0.6) is 51.7 Å². The number of aliphatic hydroxyl groups excluding tert-OH is 5. The lowest BCUT2D eigenvalue weighted by molar-refractivity contribution is -0.492. The molecule has 23 N–H and O–H groups in total. The number of aliphatic carboxylic acids is 1. The number of aromatic nitrogens is 3. The molecule has 18 rings (SSSR count). The number of phenols is 4. The lowest BCUT2D eigenvalue weighted by Gasteiger charge is -2.43. The van der Waals surface area contributed by atoms with Crippen molar-refractivity contribution in [3.05, 3.63) is 192 Å². The Labute approximate surface area is 773 Å². The van der Waals surface area contributed by atoms with Gasteiger partial charge in [-0.15, -0.1) is 0 Å². The number of likely N-dealkylation sites (N-methyl/N-ethyl adjacent to an activating group) is 1. The minimum Gasteiger partial charge on any atom is -0.508 e. The molecule has 3 fully saturated rings. The number of phenolic OH excluding ortho intramolecular Hbond substituents is 4. The Morgan fingerprint density at radius 2 is 1.34 bits per heavy atom. The summed E-state index contributed by atoms with van der Waals surface area (Å²) in [6.45, 7) is 5.83. The molecule has 0 spiro atoms. The van der Waals surface area contributed by atoms with E-state index in [9.17, 15) is 70.7 Å². The largest absolute Gasteiger partial charge is 0.508 e. The fourth-order valence-corrected chi connectivity index (χ4v) is 18.6. The molecule has 9 heterocycles. The standard InChI is InChI=1S/C90H88Cl3N13O28/c1-33(2)18-52(106(5)89-104-87(93)103-88(105-89)96-40-9-12-44(39(19-40)32-127-126)64-45-13-10-41(108)27-57(45)131-58-28-42(109)11-14-46(58)64)80(119)101-70-72(114)36-7-16-55(49(91)21-36)129-59-23-38-24-60(76(59)134-86-78(75(117)74(116)62(31-107)132-86)133-77-61-30-90(4,95)66(77)34(3)128-61)130-56-17-8-37(22-50(56)92)73(115)71-84(123)100-69(85(124)125)48-25-43(110)26-54(112)65(48)47-20-35(6-15-53(47)111)67(81(120)102-71)99-82(121)68(38)98-79(118)51(29-63(94)113)97-83(70)122/h6-17,19-28,33-34,51-52,61-62,66-75,77-78,86,107-108,110-112,114-117,126H,18,29-32,95H2,1-5H3,(H2,94,113)(H,97,122)(H,98,118)(H,99,121)(H,100,123)(H,101,119)(H,102,120)(H,124,125)(H,96,103,104,105)/p+1/t34?,51-,52?,61?,62?,66?,67?,68?,69-,70+,71?,72?,73?,74?,75?,77?,78?,86?,90?/m0/s1. The summed E-state index contributed by atoms with van der Waals surface area (Å²) in [7, 11) is 1.40. The van der Waals surface area contributed by atoms with Crippen LogP contribution in [0.4, 0.5) is 17.6 Å². The molecule has 0 radical (unpaired) electrons. The molecule has 41 nitrogen and oxygen atoms in total. The van der Waals surface area contributed by atoms with Crippen LogP contribution in [0.15, 0.2) is 143 Å². The van der Waals surface area contributed by atoms with Crippen molar-refractivity contribution in [2.24, 2.45) is 17.6 Å². The quantitative estimate of drug-likeness (QED) is 0.0283. The maximum Gasteiger partial charge on any atom is 0.330 e. The Kier molecular flexibility index (Phi) is 26.3. The van der Waals surface area contributed by atoms with Crippen LogP contribution in [0.2, 0.25) is 15.3 Å². The number of quaternary nitrogens is 1. The third kappa shape index (κ3) is 18.7. The zero-order valence-corrected chi connectivity index (χ0v) is 73.5. The summed E-state index contributed by atoms with van der Waals surface area (Å²) in [6, 6.07) is 11.8. The summed E-state index contributed by atoms with van der Waals surface area (Å²) in [5, 5.41) is 143. The molecule has 10 aliphatic rings. The number of hydrogen-bond acceptors (Lipinski definition) is 32. The highest BCUT2D eigenvalue weighted by atomic mass is 35.5. The van der Waals surface area contributed by atoms with Crippen LogP contribution in [0.25, 0.3) is 44.5 Å². The number of anilines is 3. The SMILES string of the molecule is CC(C)CC(C(=O)N[C@H]1C(=O)N[C@@H](CC(N)=O)C(=O)NC2C(=O)NC3C(=O)NC(C(=O)N[C@H](C(=O)O)c4cc(O)cc(O)c4-c4cc3ccc4O)C(O)c3ccc(c(Cl)c3)Oc3cc2cc(c3OC2OC(CO)C(O)C(O)C2OC2C3CC(C)([NH3+])C2C(C)O3)Oc2ccc(cc2Cl)C1O)N(C)c1nc(Cl)nc(Nc2ccc(-c3c4ccc(=O)cc-4oc4cc(O)ccc34)c(COO)c2)n1. The molecular weight excluding hydrogens is 1820 g/mol. The van der Waals surface area contributed by atoms with E-state index in [1.807, 2.05) is 6.92 Å². The summed E-state index contributed by atoms with van der Waals surface area (Å²) in [4.78, 5) is 153. The number of aliphatic hydroxyl groups is 5. The first-order chi connectivity index (χ1) is 63.7. The van der Waals surface area contributed by atoms with Crippen molar-refractivity contribution in [2.45, 2.75) is 163 Å². The van der Waals surface area contributed by atoms with Gasteiger partial charge in [-0.1, -0.05) is 61.3 Å². The van der Waals surface area contributed by atoms with E-state index >= 15 is 28.8 Å². The molecule has 8 aliphatic heterocycles. The molecule has 13 bridgehead atoms. The molecule has 8 aromatic rings.